The van der Waals surface area contributed by atoms with E-state index in [1.54, 1.807) is 0 Å². The van der Waals surface area contributed by atoms with Crippen LogP contribution in [0.1, 0.15) is 16.7 Å². The molecule has 0 unspecified atom stereocenters. The van der Waals surface area contributed by atoms with Crippen molar-refractivity contribution in [2.45, 2.75) is 13.8 Å². The minimum atomic E-state index is 0.651. The number of aromatic nitrogens is 2. The lowest BCUT2D eigenvalue weighted by Crippen LogP contribution is -2.02. The van der Waals surface area contributed by atoms with Gasteiger partial charge in [-0.1, -0.05) is 30.3 Å². The molecular weight excluding hydrogens is 306 g/mol. The summed E-state index contributed by atoms with van der Waals surface area (Å²) in [5.41, 5.74) is 7.27. The number of imidazole rings is 1. The molecule has 1 aromatic heterocycles. The molecule has 0 N–H and O–H groups in total. The number of aryl methyl sites for hydroxylation is 2. The zero-order valence-electron chi connectivity index (χ0n) is 14.2. The lowest BCUT2D eigenvalue weighted by atomic mass is 10.1. The number of para-hydroxylation sites is 3. The van der Waals surface area contributed by atoms with E-state index in [4.69, 9.17) is 10.2 Å². The van der Waals surface area contributed by atoms with Crippen molar-refractivity contribution in [2.24, 2.45) is 0 Å². The van der Waals surface area contributed by atoms with Gasteiger partial charge in [0, 0.05) is 5.56 Å². The maximum atomic E-state index is 9.05. The van der Waals surface area contributed by atoms with Crippen LogP contribution in [0.5, 0.6) is 0 Å². The average molecular weight is 323 g/mol. The summed E-state index contributed by atoms with van der Waals surface area (Å²) < 4.78 is 2.22. The van der Waals surface area contributed by atoms with Crippen molar-refractivity contribution in [1.29, 1.82) is 5.26 Å². The molecule has 120 valence electrons. The third kappa shape index (κ3) is 2.49. The smallest absolute Gasteiger partial charge is 0.145 e. The molecule has 0 amide bonds. The standard InChI is InChI=1S/C22H17N3/c1-15-6-5-7-16(2)21(15)25-20-9-4-3-8-19(20)24-22(25)18-12-10-17(14-23)11-13-18/h3-13H,1-2H3. The maximum absolute atomic E-state index is 9.05. The molecule has 0 saturated heterocycles. The second-order valence-electron chi connectivity index (χ2n) is 6.19. The van der Waals surface area contributed by atoms with Gasteiger partial charge in [-0.25, -0.2) is 4.98 Å². The topological polar surface area (TPSA) is 41.6 Å². The third-order valence-electron chi connectivity index (χ3n) is 4.50. The molecule has 1 heterocycles. The Hall–Kier alpha value is -3.38. The Bertz CT molecular complexity index is 1090. The monoisotopic (exact) mass is 323 g/mol. The van der Waals surface area contributed by atoms with Gasteiger partial charge >= 0.3 is 0 Å². The third-order valence-corrected chi connectivity index (χ3v) is 4.50. The molecule has 0 aliphatic carbocycles. The van der Waals surface area contributed by atoms with Crippen molar-refractivity contribution in [3.05, 3.63) is 83.4 Å². The van der Waals surface area contributed by atoms with Gasteiger partial charge in [-0.3, -0.25) is 4.57 Å². The summed E-state index contributed by atoms with van der Waals surface area (Å²) >= 11 is 0. The summed E-state index contributed by atoms with van der Waals surface area (Å²) in [5, 5.41) is 9.05. The molecule has 3 nitrogen and oxygen atoms in total. The Morgan fingerprint density at radius 2 is 1.52 bits per heavy atom. The Balaban J connectivity index is 2.07. The highest BCUT2D eigenvalue weighted by Gasteiger charge is 2.16. The molecule has 25 heavy (non-hydrogen) atoms. The lowest BCUT2D eigenvalue weighted by molar-refractivity contribution is 1.06. The van der Waals surface area contributed by atoms with E-state index < -0.39 is 0 Å². The van der Waals surface area contributed by atoms with Crippen LogP contribution in [-0.2, 0) is 0 Å². The summed E-state index contributed by atoms with van der Waals surface area (Å²) in [7, 11) is 0. The van der Waals surface area contributed by atoms with Gasteiger partial charge in [0.1, 0.15) is 5.82 Å². The molecule has 3 heteroatoms. The molecule has 0 aliphatic rings. The number of nitrogens with zero attached hydrogens (tertiary/aromatic N) is 3. The molecule has 4 rings (SSSR count). The first-order valence-corrected chi connectivity index (χ1v) is 8.23. The van der Waals surface area contributed by atoms with Gasteiger partial charge in [-0.15, -0.1) is 0 Å². The second kappa shape index (κ2) is 5.92. The first-order valence-electron chi connectivity index (χ1n) is 8.23. The molecular formula is C22H17N3. The van der Waals surface area contributed by atoms with Crippen molar-refractivity contribution in [2.75, 3.05) is 0 Å². The summed E-state index contributed by atoms with van der Waals surface area (Å²) in [6.07, 6.45) is 0. The van der Waals surface area contributed by atoms with Crippen molar-refractivity contribution in [1.82, 2.24) is 9.55 Å². The van der Waals surface area contributed by atoms with E-state index in [0.717, 1.165) is 28.1 Å². The number of hydrogen-bond donors (Lipinski definition) is 0. The fourth-order valence-corrected chi connectivity index (χ4v) is 3.30. The van der Waals surface area contributed by atoms with Gasteiger partial charge in [0.05, 0.1) is 28.4 Å². The predicted molar refractivity (Wildman–Crippen MR) is 101 cm³/mol. The zero-order valence-corrected chi connectivity index (χ0v) is 14.2. The molecule has 0 spiro atoms. The van der Waals surface area contributed by atoms with E-state index in [0.29, 0.717) is 5.56 Å². The van der Waals surface area contributed by atoms with Crippen LogP contribution in [0.15, 0.2) is 66.7 Å². The molecule has 0 fully saturated rings. The van der Waals surface area contributed by atoms with Gasteiger partial charge in [0.25, 0.3) is 0 Å². The van der Waals surface area contributed by atoms with Crippen LogP contribution in [0.3, 0.4) is 0 Å². The zero-order chi connectivity index (χ0) is 17.4. The quantitative estimate of drug-likeness (QED) is 0.510. The minimum Gasteiger partial charge on any atom is -0.292 e. The largest absolute Gasteiger partial charge is 0.292 e. The first kappa shape index (κ1) is 15.2. The van der Waals surface area contributed by atoms with Crippen LogP contribution in [0.2, 0.25) is 0 Å². The van der Waals surface area contributed by atoms with E-state index in [2.05, 4.69) is 48.7 Å². The molecule has 0 saturated carbocycles. The number of hydrogen-bond acceptors (Lipinski definition) is 2. The fourth-order valence-electron chi connectivity index (χ4n) is 3.30. The SMILES string of the molecule is Cc1cccc(C)c1-n1c(-c2ccc(C#N)cc2)nc2ccccc21. The second-order valence-corrected chi connectivity index (χ2v) is 6.19. The van der Waals surface area contributed by atoms with Crippen LogP contribution >= 0.6 is 0 Å². The Labute approximate surface area is 146 Å². The highest BCUT2D eigenvalue weighted by molar-refractivity contribution is 5.84. The van der Waals surface area contributed by atoms with Crippen molar-refractivity contribution in [3.63, 3.8) is 0 Å². The van der Waals surface area contributed by atoms with Gasteiger partial charge in [-0.05, 0) is 61.4 Å². The van der Waals surface area contributed by atoms with Gasteiger partial charge in [0.15, 0.2) is 0 Å². The van der Waals surface area contributed by atoms with E-state index in [-0.39, 0.29) is 0 Å². The van der Waals surface area contributed by atoms with E-state index in [1.807, 2.05) is 42.5 Å². The van der Waals surface area contributed by atoms with E-state index in [1.165, 1.54) is 11.1 Å². The Kier molecular flexibility index (Phi) is 3.59. The molecule has 0 atom stereocenters. The van der Waals surface area contributed by atoms with Crippen molar-refractivity contribution in [3.8, 4) is 23.1 Å². The van der Waals surface area contributed by atoms with Crippen LogP contribution in [-0.4, -0.2) is 9.55 Å². The molecule has 0 aliphatic heterocycles. The van der Waals surface area contributed by atoms with Crippen molar-refractivity contribution < 1.29 is 0 Å². The fraction of sp³-hybridized carbons (Fsp3) is 0.0909. The maximum Gasteiger partial charge on any atom is 0.145 e. The lowest BCUT2D eigenvalue weighted by Gasteiger charge is -2.15. The number of nitriles is 1. The number of rotatable bonds is 2. The van der Waals surface area contributed by atoms with Gasteiger partial charge in [0.2, 0.25) is 0 Å². The molecule has 4 aromatic rings. The Morgan fingerprint density at radius 3 is 2.20 bits per heavy atom. The first-order chi connectivity index (χ1) is 12.2. The highest BCUT2D eigenvalue weighted by atomic mass is 15.1. The van der Waals surface area contributed by atoms with Gasteiger partial charge < -0.3 is 0 Å². The van der Waals surface area contributed by atoms with E-state index in [9.17, 15) is 0 Å². The van der Waals surface area contributed by atoms with Gasteiger partial charge in [-0.2, -0.15) is 5.26 Å². The number of fused-ring (bicyclic) bond motifs is 1. The summed E-state index contributed by atoms with van der Waals surface area (Å²) in [4.78, 5) is 4.88. The van der Waals surface area contributed by atoms with E-state index >= 15 is 0 Å². The Morgan fingerprint density at radius 1 is 0.840 bits per heavy atom. The summed E-state index contributed by atoms with van der Waals surface area (Å²) in [5.74, 6) is 0.892. The van der Waals surface area contributed by atoms with Crippen LogP contribution in [0, 0.1) is 25.2 Å². The normalized spacial score (nSPS) is 10.8. The average Bonchev–Trinajstić information content (AvgIpc) is 3.01. The van der Waals surface area contributed by atoms with Crippen LogP contribution < -0.4 is 0 Å². The number of benzene rings is 3. The van der Waals surface area contributed by atoms with Crippen LogP contribution in [0.25, 0.3) is 28.1 Å². The molecule has 0 bridgehead atoms. The molecule has 0 radical (unpaired) electrons. The summed E-state index contributed by atoms with van der Waals surface area (Å²) in [6, 6.07) is 24.3. The minimum absolute atomic E-state index is 0.651. The summed E-state index contributed by atoms with van der Waals surface area (Å²) in [6.45, 7) is 4.25. The highest BCUT2D eigenvalue weighted by Crippen LogP contribution is 2.31. The molecule has 3 aromatic carbocycles. The van der Waals surface area contributed by atoms with Crippen LogP contribution in [0.4, 0.5) is 0 Å². The predicted octanol–water partition coefficient (Wildman–Crippen LogP) is 5.18. The van der Waals surface area contributed by atoms with Crippen molar-refractivity contribution >= 4 is 11.0 Å².